The Kier molecular flexibility index (Phi) is 7.12. The first-order valence-corrected chi connectivity index (χ1v) is 11.2. The van der Waals surface area contributed by atoms with Gasteiger partial charge in [0.15, 0.2) is 0 Å². The van der Waals surface area contributed by atoms with Gasteiger partial charge in [0.05, 0.1) is 0 Å². The normalized spacial score (nSPS) is 15.9. The number of nitrogens with one attached hydrogen (secondary N) is 1. The van der Waals surface area contributed by atoms with Crippen molar-refractivity contribution in [3.05, 3.63) is 100 Å². The lowest BCUT2D eigenvalue weighted by molar-refractivity contribution is -0.125. The first kappa shape index (κ1) is 23.7. The number of rotatable bonds is 8. The molecule has 0 aliphatic carbocycles. The van der Waals surface area contributed by atoms with Crippen LogP contribution in [0.1, 0.15) is 45.9 Å². The highest BCUT2D eigenvalue weighted by Gasteiger charge is 2.41. The number of fused-ring (bicyclic) bond motifs is 1. The van der Waals surface area contributed by atoms with Crippen molar-refractivity contribution < 1.29 is 23.1 Å². The monoisotopic (exact) mass is 484 g/mol. The second-order valence-electron chi connectivity index (χ2n) is 8.14. The molecule has 1 heterocycles. The SMILES string of the molecule is CC(CN1C(=O)c2ccccc2C1C(=O)NCc1ccc(OC(F)F)cc1)c1ccc(Cl)cc1. The number of ether oxygens (including phenoxy) is 1. The average Bonchev–Trinajstić information content (AvgIpc) is 3.10. The maximum Gasteiger partial charge on any atom is 0.387 e. The van der Waals surface area contributed by atoms with Crippen LogP contribution in [0.3, 0.4) is 0 Å². The van der Waals surface area contributed by atoms with E-state index in [-0.39, 0.29) is 30.0 Å². The first-order chi connectivity index (χ1) is 16.3. The zero-order chi connectivity index (χ0) is 24.2. The summed E-state index contributed by atoms with van der Waals surface area (Å²) in [7, 11) is 0. The van der Waals surface area contributed by atoms with Gasteiger partial charge < -0.3 is 15.0 Å². The standard InChI is InChI=1S/C26H23ClF2N2O3/c1-16(18-8-10-19(27)11-9-18)15-31-23(21-4-2-3-5-22(21)25(31)33)24(32)30-14-17-6-12-20(13-7-17)34-26(28)29/h2-13,16,23,26H,14-15H2,1H3,(H,30,32). The topological polar surface area (TPSA) is 58.6 Å². The molecule has 0 saturated carbocycles. The van der Waals surface area contributed by atoms with E-state index in [4.69, 9.17) is 11.6 Å². The summed E-state index contributed by atoms with van der Waals surface area (Å²) in [5.41, 5.74) is 2.90. The molecule has 0 aromatic heterocycles. The molecular weight excluding hydrogens is 462 g/mol. The third-order valence-corrected chi connectivity index (χ3v) is 6.08. The van der Waals surface area contributed by atoms with Crippen LogP contribution in [-0.4, -0.2) is 29.9 Å². The van der Waals surface area contributed by atoms with Crippen LogP contribution in [0.25, 0.3) is 0 Å². The molecule has 1 aliphatic heterocycles. The Morgan fingerprint density at radius 3 is 2.41 bits per heavy atom. The van der Waals surface area contributed by atoms with Crippen molar-refractivity contribution in [1.29, 1.82) is 0 Å². The third-order valence-electron chi connectivity index (χ3n) is 5.83. The van der Waals surface area contributed by atoms with Gasteiger partial charge in [0.25, 0.3) is 5.91 Å². The minimum atomic E-state index is -2.90. The Morgan fingerprint density at radius 1 is 1.06 bits per heavy atom. The van der Waals surface area contributed by atoms with Gasteiger partial charge in [-0.15, -0.1) is 0 Å². The van der Waals surface area contributed by atoms with Crippen molar-refractivity contribution in [3.8, 4) is 5.75 Å². The number of carbonyl (C=O) groups is 2. The zero-order valence-corrected chi connectivity index (χ0v) is 19.1. The lowest BCUT2D eigenvalue weighted by Crippen LogP contribution is -2.40. The summed E-state index contributed by atoms with van der Waals surface area (Å²) in [5, 5.41) is 3.50. The Balaban J connectivity index is 1.50. The summed E-state index contributed by atoms with van der Waals surface area (Å²) < 4.78 is 29.0. The zero-order valence-electron chi connectivity index (χ0n) is 18.4. The number of hydrogen-bond acceptors (Lipinski definition) is 3. The van der Waals surface area contributed by atoms with Crippen LogP contribution >= 0.6 is 11.6 Å². The molecule has 5 nitrogen and oxygen atoms in total. The smallest absolute Gasteiger partial charge is 0.387 e. The minimum absolute atomic E-state index is 0.0202. The first-order valence-electron chi connectivity index (χ1n) is 10.8. The quantitative estimate of drug-likeness (QED) is 0.455. The van der Waals surface area contributed by atoms with E-state index < -0.39 is 12.7 Å². The number of amides is 2. The third kappa shape index (κ3) is 5.20. The Bertz CT molecular complexity index is 1170. The van der Waals surface area contributed by atoms with E-state index in [9.17, 15) is 18.4 Å². The molecule has 4 rings (SSSR count). The second-order valence-corrected chi connectivity index (χ2v) is 8.58. The molecule has 0 fully saturated rings. The van der Waals surface area contributed by atoms with E-state index in [1.54, 1.807) is 53.4 Å². The Labute approximate surface area is 201 Å². The van der Waals surface area contributed by atoms with Crippen LogP contribution < -0.4 is 10.1 Å². The maximum absolute atomic E-state index is 13.3. The lowest BCUT2D eigenvalue weighted by atomic mass is 9.99. The Morgan fingerprint density at radius 2 is 1.74 bits per heavy atom. The van der Waals surface area contributed by atoms with Crippen molar-refractivity contribution in [2.24, 2.45) is 0 Å². The fourth-order valence-electron chi connectivity index (χ4n) is 4.11. The molecule has 3 aromatic carbocycles. The molecule has 1 N–H and O–H groups in total. The van der Waals surface area contributed by atoms with Gasteiger partial charge in [0.2, 0.25) is 5.91 Å². The van der Waals surface area contributed by atoms with Crippen LogP contribution in [0.2, 0.25) is 5.02 Å². The summed E-state index contributed by atoms with van der Waals surface area (Å²) in [6, 6.07) is 19.8. The predicted octanol–water partition coefficient (Wildman–Crippen LogP) is 5.56. The highest BCUT2D eigenvalue weighted by molar-refractivity contribution is 6.30. The summed E-state index contributed by atoms with van der Waals surface area (Å²) in [6.45, 7) is -0.363. The molecule has 176 valence electrons. The molecule has 0 bridgehead atoms. The van der Waals surface area contributed by atoms with Crippen molar-refractivity contribution >= 4 is 23.4 Å². The highest BCUT2D eigenvalue weighted by Crippen LogP contribution is 2.35. The summed E-state index contributed by atoms with van der Waals surface area (Å²) >= 11 is 5.99. The molecule has 2 amide bonds. The van der Waals surface area contributed by atoms with Gasteiger partial charge >= 0.3 is 6.61 Å². The van der Waals surface area contributed by atoms with Crippen LogP contribution in [0.5, 0.6) is 5.75 Å². The van der Waals surface area contributed by atoms with Crippen molar-refractivity contribution in [1.82, 2.24) is 10.2 Å². The molecule has 34 heavy (non-hydrogen) atoms. The van der Waals surface area contributed by atoms with Gasteiger partial charge in [-0.2, -0.15) is 8.78 Å². The molecule has 2 atom stereocenters. The lowest BCUT2D eigenvalue weighted by Gasteiger charge is -2.27. The number of benzene rings is 3. The Hall–Kier alpha value is -3.45. The van der Waals surface area contributed by atoms with Gasteiger partial charge in [0, 0.05) is 23.7 Å². The van der Waals surface area contributed by atoms with Crippen LogP contribution in [0.4, 0.5) is 8.78 Å². The second kappa shape index (κ2) is 10.2. The summed E-state index contributed by atoms with van der Waals surface area (Å²) in [4.78, 5) is 28.0. The summed E-state index contributed by atoms with van der Waals surface area (Å²) in [6.07, 6.45) is 0. The van der Waals surface area contributed by atoms with E-state index in [0.29, 0.717) is 28.3 Å². The van der Waals surface area contributed by atoms with E-state index in [2.05, 4.69) is 10.1 Å². The maximum atomic E-state index is 13.3. The predicted molar refractivity (Wildman–Crippen MR) is 125 cm³/mol. The molecule has 0 radical (unpaired) electrons. The average molecular weight is 485 g/mol. The molecule has 2 unspecified atom stereocenters. The molecule has 1 aliphatic rings. The number of carbonyl (C=O) groups excluding carboxylic acids is 2. The molecule has 0 saturated heterocycles. The highest BCUT2D eigenvalue weighted by atomic mass is 35.5. The fraction of sp³-hybridized carbons (Fsp3) is 0.231. The van der Waals surface area contributed by atoms with Crippen molar-refractivity contribution in [2.45, 2.75) is 32.0 Å². The molecule has 8 heteroatoms. The molecule has 3 aromatic rings. The molecular formula is C26H23ClF2N2O3. The summed E-state index contributed by atoms with van der Waals surface area (Å²) in [5.74, 6) is -0.476. The molecule has 0 spiro atoms. The van der Waals surface area contributed by atoms with E-state index in [1.165, 1.54) is 12.1 Å². The van der Waals surface area contributed by atoms with E-state index in [0.717, 1.165) is 5.56 Å². The minimum Gasteiger partial charge on any atom is -0.435 e. The fourth-order valence-corrected chi connectivity index (χ4v) is 4.23. The van der Waals surface area contributed by atoms with Crippen LogP contribution in [0.15, 0.2) is 72.8 Å². The largest absolute Gasteiger partial charge is 0.435 e. The van der Waals surface area contributed by atoms with Gasteiger partial charge in [-0.05, 0) is 52.9 Å². The van der Waals surface area contributed by atoms with Gasteiger partial charge in [-0.1, -0.05) is 61.0 Å². The van der Waals surface area contributed by atoms with Crippen molar-refractivity contribution in [3.63, 3.8) is 0 Å². The van der Waals surface area contributed by atoms with Crippen molar-refractivity contribution in [2.75, 3.05) is 6.54 Å². The van der Waals surface area contributed by atoms with Gasteiger partial charge in [-0.3, -0.25) is 9.59 Å². The number of halogens is 3. The number of alkyl halides is 2. The van der Waals surface area contributed by atoms with E-state index >= 15 is 0 Å². The number of nitrogens with zero attached hydrogens (tertiary/aromatic N) is 1. The van der Waals surface area contributed by atoms with E-state index in [1.807, 2.05) is 19.1 Å². The van der Waals surface area contributed by atoms with Crippen LogP contribution in [0, 0.1) is 0 Å². The van der Waals surface area contributed by atoms with Crippen LogP contribution in [-0.2, 0) is 11.3 Å². The number of hydrogen-bond donors (Lipinski definition) is 1. The van der Waals surface area contributed by atoms with Gasteiger partial charge in [-0.25, -0.2) is 0 Å². The van der Waals surface area contributed by atoms with Gasteiger partial charge in [0.1, 0.15) is 11.8 Å².